The van der Waals surface area contributed by atoms with Crippen LogP contribution in [0.5, 0.6) is 0 Å². The van der Waals surface area contributed by atoms with Crippen LogP contribution in [0.25, 0.3) is 0 Å². The molecule has 1 rings (SSSR count). The first-order chi connectivity index (χ1) is 12.2. The van der Waals surface area contributed by atoms with E-state index in [4.69, 9.17) is 4.18 Å². The van der Waals surface area contributed by atoms with E-state index in [1.54, 1.807) is 20.8 Å². The van der Waals surface area contributed by atoms with Gasteiger partial charge in [0.05, 0.1) is 9.82 Å². The third kappa shape index (κ3) is 5.33. The van der Waals surface area contributed by atoms with E-state index in [0.717, 1.165) is 24.3 Å². The molecule has 9 nitrogen and oxygen atoms in total. The van der Waals surface area contributed by atoms with Crippen molar-refractivity contribution in [2.75, 3.05) is 13.1 Å². The van der Waals surface area contributed by atoms with Crippen molar-refractivity contribution < 1.29 is 27.1 Å². The zero-order chi connectivity index (χ0) is 19.9. The number of nitro benzene ring substituents is 1. The molecule has 1 atom stereocenters. The zero-order valence-corrected chi connectivity index (χ0v) is 15.7. The van der Waals surface area contributed by atoms with Crippen LogP contribution in [0.2, 0.25) is 0 Å². The molecule has 0 radical (unpaired) electrons. The van der Waals surface area contributed by atoms with Crippen LogP contribution in [-0.4, -0.2) is 49.1 Å². The number of carbonyl (C=O) groups is 2. The van der Waals surface area contributed by atoms with Crippen molar-refractivity contribution in [1.29, 1.82) is 0 Å². The minimum Gasteiger partial charge on any atom is -0.341 e. The molecular weight excluding hydrogens is 364 g/mol. The normalized spacial score (nSPS) is 12.4. The van der Waals surface area contributed by atoms with Crippen LogP contribution >= 0.6 is 0 Å². The molecule has 0 aromatic heterocycles. The van der Waals surface area contributed by atoms with E-state index < -0.39 is 32.8 Å². The fraction of sp³-hybridized carbons (Fsp3) is 0.500. The van der Waals surface area contributed by atoms with E-state index >= 15 is 0 Å². The molecule has 0 heterocycles. The quantitative estimate of drug-likeness (QED) is 0.260. The predicted octanol–water partition coefficient (Wildman–Crippen LogP) is 1.91. The summed E-state index contributed by atoms with van der Waals surface area (Å²) in [5.74, 6) is -1.35. The number of non-ortho nitro benzene ring substituents is 1. The highest BCUT2D eigenvalue weighted by atomic mass is 32.2. The first kappa shape index (κ1) is 21.7. The van der Waals surface area contributed by atoms with Gasteiger partial charge in [-0.2, -0.15) is 8.42 Å². The lowest BCUT2D eigenvalue weighted by atomic mass is 10.1. The fourth-order valence-corrected chi connectivity index (χ4v) is 3.25. The van der Waals surface area contributed by atoms with Crippen molar-refractivity contribution in [2.45, 2.75) is 44.6 Å². The minimum atomic E-state index is -4.45. The van der Waals surface area contributed by atoms with E-state index in [9.17, 15) is 28.1 Å². The van der Waals surface area contributed by atoms with Crippen molar-refractivity contribution in [3.05, 3.63) is 34.4 Å². The Balaban J connectivity index is 3.16. The summed E-state index contributed by atoms with van der Waals surface area (Å²) < 4.78 is 29.8. The van der Waals surface area contributed by atoms with Crippen molar-refractivity contribution >= 4 is 27.5 Å². The number of benzene rings is 1. The lowest BCUT2D eigenvalue weighted by Crippen LogP contribution is -2.45. The van der Waals surface area contributed by atoms with Gasteiger partial charge in [0.15, 0.2) is 5.78 Å². The van der Waals surface area contributed by atoms with Crippen LogP contribution < -0.4 is 0 Å². The van der Waals surface area contributed by atoms with Crippen molar-refractivity contribution in [3.63, 3.8) is 0 Å². The average Bonchev–Trinajstić information content (AvgIpc) is 2.60. The summed E-state index contributed by atoms with van der Waals surface area (Å²) in [4.78, 5) is 35.7. The van der Waals surface area contributed by atoms with Gasteiger partial charge in [0, 0.05) is 31.6 Å². The van der Waals surface area contributed by atoms with Gasteiger partial charge < -0.3 is 4.90 Å². The van der Waals surface area contributed by atoms with Crippen LogP contribution in [0.3, 0.4) is 0 Å². The summed E-state index contributed by atoms with van der Waals surface area (Å²) in [6.07, 6.45) is -1.34. The van der Waals surface area contributed by atoms with E-state index in [-0.39, 0.29) is 17.0 Å². The van der Waals surface area contributed by atoms with Crippen molar-refractivity contribution in [2.24, 2.45) is 0 Å². The van der Waals surface area contributed by atoms with Crippen molar-refractivity contribution in [3.8, 4) is 0 Å². The van der Waals surface area contributed by atoms with Gasteiger partial charge in [-0.05, 0) is 32.4 Å². The SMILES string of the molecule is CCCC(=O)C(OS(=O)(=O)c1ccc([N+](=O)[O-])cc1)C(=O)N(CC)CC. The van der Waals surface area contributed by atoms with Crippen LogP contribution in [0, 0.1) is 10.1 Å². The summed E-state index contributed by atoms with van der Waals surface area (Å²) in [7, 11) is -4.45. The number of carbonyl (C=O) groups excluding carboxylic acids is 2. The van der Waals surface area contributed by atoms with E-state index in [2.05, 4.69) is 0 Å². The largest absolute Gasteiger partial charge is 0.341 e. The topological polar surface area (TPSA) is 124 Å². The van der Waals surface area contributed by atoms with Gasteiger partial charge in [-0.3, -0.25) is 19.7 Å². The zero-order valence-electron chi connectivity index (χ0n) is 14.9. The number of Topliss-reactive ketones (excluding diaryl/α,β-unsaturated/α-hetero) is 1. The molecule has 26 heavy (non-hydrogen) atoms. The highest BCUT2D eigenvalue weighted by Gasteiger charge is 2.35. The Morgan fingerprint density at radius 1 is 1.15 bits per heavy atom. The smallest absolute Gasteiger partial charge is 0.298 e. The molecule has 1 aromatic carbocycles. The second-order valence-electron chi connectivity index (χ2n) is 5.41. The predicted molar refractivity (Wildman–Crippen MR) is 93.0 cm³/mol. The van der Waals surface area contributed by atoms with Crippen LogP contribution in [-0.2, 0) is 23.9 Å². The number of amides is 1. The molecule has 0 aliphatic rings. The van der Waals surface area contributed by atoms with Crippen LogP contribution in [0.15, 0.2) is 29.2 Å². The average molecular weight is 386 g/mol. The molecule has 0 aliphatic carbocycles. The Morgan fingerprint density at radius 3 is 2.12 bits per heavy atom. The van der Waals surface area contributed by atoms with Gasteiger partial charge in [0.2, 0.25) is 6.10 Å². The molecule has 0 aliphatic heterocycles. The molecule has 0 fully saturated rings. The monoisotopic (exact) mass is 386 g/mol. The molecule has 1 unspecified atom stereocenters. The number of hydrogen-bond donors (Lipinski definition) is 0. The number of likely N-dealkylation sites (N-methyl/N-ethyl adjacent to an activating group) is 1. The summed E-state index contributed by atoms with van der Waals surface area (Å²) in [5, 5.41) is 10.7. The third-order valence-electron chi connectivity index (χ3n) is 3.65. The van der Waals surface area contributed by atoms with Gasteiger partial charge in [0.1, 0.15) is 0 Å². The number of nitro groups is 1. The highest BCUT2D eigenvalue weighted by molar-refractivity contribution is 7.86. The maximum Gasteiger partial charge on any atom is 0.298 e. The van der Waals surface area contributed by atoms with Gasteiger partial charge in [-0.1, -0.05) is 6.92 Å². The van der Waals surface area contributed by atoms with E-state index in [1.165, 1.54) is 4.90 Å². The first-order valence-corrected chi connectivity index (χ1v) is 9.57. The number of ketones is 1. The van der Waals surface area contributed by atoms with Crippen LogP contribution in [0.4, 0.5) is 5.69 Å². The Morgan fingerprint density at radius 2 is 1.69 bits per heavy atom. The molecular formula is C16H22N2O7S. The number of rotatable bonds is 10. The molecule has 0 spiro atoms. The lowest BCUT2D eigenvalue weighted by Gasteiger charge is -2.24. The summed E-state index contributed by atoms with van der Waals surface area (Å²) in [5.41, 5.74) is -0.290. The second-order valence-corrected chi connectivity index (χ2v) is 6.98. The fourth-order valence-electron chi connectivity index (χ4n) is 2.23. The van der Waals surface area contributed by atoms with Crippen LogP contribution in [0.1, 0.15) is 33.6 Å². The van der Waals surface area contributed by atoms with Gasteiger partial charge >= 0.3 is 0 Å². The van der Waals surface area contributed by atoms with E-state index in [1.807, 2.05) is 0 Å². The Hall–Kier alpha value is -2.33. The molecule has 0 saturated carbocycles. The summed E-state index contributed by atoms with van der Waals surface area (Å²) in [6, 6.07) is 4.00. The first-order valence-electron chi connectivity index (χ1n) is 8.17. The highest BCUT2D eigenvalue weighted by Crippen LogP contribution is 2.20. The summed E-state index contributed by atoms with van der Waals surface area (Å²) in [6.45, 7) is 5.72. The lowest BCUT2D eigenvalue weighted by molar-refractivity contribution is -0.384. The minimum absolute atomic E-state index is 0.00649. The van der Waals surface area contributed by atoms with E-state index in [0.29, 0.717) is 19.5 Å². The van der Waals surface area contributed by atoms with Gasteiger partial charge in [0.25, 0.3) is 21.7 Å². The standard InChI is InChI=1S/C16H22N2O7S/c1-4-7-14(19)15(16(20)17(5-2)6-3)25-26(23,24)13-10-8-12(9-11-13)18(21)22/h8-11,15H,4-7H2,1-3H3. The third-order valence-corrected chi connectivity index (χ3v) is 4.94. The van der Waals surface area contributed by atoms with Gasteiger partial charge in [-0.15, -0.1) is 0 Å². The molecule has 1 amide bonds. The maximum absolute atomic E-state index is 12.5. The second kappa shape index (κ2) is 9.39. The Labute approximate surface area is 152 Å². The van der Waals surface area contributed by atoms with Gasteiger partial charge in [-0.25, -0.2) is 4.18 Å². The number of nitrogens with zero attached hydrogens (tertiary/aromatic N) is 2. The Bertz CT molecular complexity index is 755. The maximum atomic E-state index is 12.5. The summed E-state index contributed by atoms with van der Waals surface area (Å²) >= 11 is 0. The molecule has 0 N–H and O–H groups in total. The molecule has 0 saturated heterocycles. The molecule has 1 aromatic rings. The Kier molecular flexibility index (Phi) is 7.84. The molecule has 10 heteroatoms. The van der Waals surface area contributed by atoms with Crippen molar-refractivity contribution in [1.82, 2.24) is 4.90 Å². The molecule has 144 valence electrons. The molecule has 0 bridgehead atoms. The number of hydrogen-bond acceptors (Lipinski definition) is 7.